The Labute approximate surface area is 292 Å². The third-order valence-electron chi connectivity index (χ3n) is 9.47. The van der Waals surface area contributed by atoms with Crippen LogP contribution in [0.4, 0.5) is 17.1 Å². The summed E-state index contributed by atoms with van der Waals surface area (Å²) >= 11 is 0. The Balaban J connectivity index is 1.14. The fourth-order valence-corrected chi connectivity index (χ4v) is 6.98. The van der Waals surface area contributed by atoms with Crippen molar-refractivity contribution in [3.05, 3.63) is 200 Å². The SMILES string of the molecule is c1ccc(-c2ccc(-c3ccc(N(c4cccc(-c5oc6ccccc6c5-c5ccccc5)c4)c4ccc5ccccc5c4)cc3)cc2)cc1. The molecular formula is C48H33NO. The Hall–Kier alpha value is -6.64. The van der Waals surface area contributed by atoms with Crippen molar-refractivity contribution in [3.63, 3.8) is 0 Å². The summed E-state index contributed by atoms with van der Waals surface area (Å²) in [4.78, 5) is 2.34. The van der Waals surface area contributed by atoms with Gasteiger partial charge in [-0.05, 0) is 81.1 Å². The predicted octanol–water partition coefficient (Wildman–Crippen LogP) is 13.7. The molecule has 2 heteroatoms. The predicted molar refractivity (Wildman–Crippen MR) is 210 cm³/mol. The van der Waals surface area contributed by atoms with Crippen LogP contribution in [0.2, 0.25) is 0 Å². The second-order valence-corrected chi connectivity index (χ2v) is 12.6. The zero-order chi connectivity index (χ0) is 33.3. The largest absolute Gasteiger partial charge is 0.455 e. The number of nitrogens with zero attached hydrogens (tertiary/aromatic N) is 1. The highest BCUT2D eigenvalue weighted by Crippen LogP contribution is 2.43. The third kappa shape index (κ3) is 5.53. The van der Waals surface area contributed by atoms with E-state index in [1.54, 1.807) is 0 Å². The molecule has 0 aliphatic carbocycles. The molecule has 0 radical (unpaired) electrons. The molecule has 2 nitrogen and oxygen atoms in total. The van der Waals surface area contributed by atoms with Crippen LogP contribution >= 0.6 is 0 Å². The number of para-hydroxylation sites is 1. The van der Waals surface area contributed by atoms with Gasteiger partial charge in [0.2, 0.25) is 0 Å². The smallest absolute Gasteiger partial charge is 0.143 e. The molecule has 1 aromatic heterocycles. The van der Waals surface area contributed by atoms with E-state index in [1.165, 1.54) is 33.0 Å². The molecule has 0 spiro atoms. The van der Waals surface area contributed by atoms with Crippen molar-refractivity contribution in [1.29, 1.82) is 0 Å². The second kappa shape index (κ2) is 12.8. The maximum absolute atomic E-state index is 6.63. The lowest BCUT2D eigenvalue weighted by Gasteiger charge is -2.26. The molecule has 9 aromatic rings. The van der Waals surface area contributed by atoms with Gasteiger partial charge in [-0.2, -0.15) is 0 Å². The first-order valence-electron chi connectivity index (χ1n) is 17.0. The van der Waals surface area contributed by atoms with Gasteiger partial charge in [-0.3, -0.25) is 0 Å². The molecule has 0 aliphatic rings. The Kier molecular flexibility index (Phi) is 7.53. The van der Waals surface area contributed by atoms with E-state index in [2.05, 4.69) is 193 Å². The molecule has 0 unspecified atom stereocenters. The van der Waals surface area contributed by atoms with Crippen LogP contribution in [0.15, 0.2) is 205 Å². The van der Waals surface area contributed by atoms with Crippen LogP contribution < -0.4 is 4.90 Å². The highest BCUT2D eigenvalue weighted by Gasteiger charge is 2.20. The van der Waals surface area contributed by atoms with Gasteiger partial charge in [-0.25, -0.2) is 0 Å². The van der Waals surface area contributed by atoms with Crippen LogP contribution in [0.1, 0.15) is 0 Å². The van der Waals surface area contributed by atoms with Crippen molar-refractivity contribution in [2.75, 3.05) is 4.90 Å². The number of rotatable bonds is 7. The Morgan fingerprint density at radius 3 is 1.56 bits per heavy atom. The van der Waals surface area contributed by atoms with Gasteiger partial charge in [-0.1, -0.05) is 158 Å². The molecule has 50 heavy (non-hydrogen) atoms. The first kappa shape index (κ1) is 29.5. The van der Waals surface area contributed by atoms with Crippen LogP contribution in [-0.2, 0) is 0 Å². The fraction of sp³-hybridized carbons (Fsp3) is 0. The number of hydrogen-bond acceptors (Lipinski definition) is 2. The van der Waals surface area contributed by atoms with Crippen LogP contribution in [0.3, 0.4) is 0 Å². The van der Waals surface area contributed by atoms with E-state index in [9.17, 15) is 0 Å². The summed E-state index contributed by atoms with van der Waals surface area (Å²) in [6, 6.07) is 71.0. The monoisotopic (exact) mass is 639 g/mol. The van der Waals surface area contributed by atoms with E-state index in [0.717, 1.165) is 50.5 Å². The molecule has 0 fully saturated rings. The van der Waals surface area contributed by atoms with Crippen LogP contribution in [-0.4, -0.2) is 0 Å². The topological polar surface area (TPSA) is 16.4 Å². The lowest BCUT2D eigenvalue weighted by Crippen LogP contribution is -2.10. The number of fused-ring (bicyclic) bond motifs is 2. The average Bonchev–Trinajstić information content (AvgIpc) is 3.59. The van der Waals surface area contributed by atoms with Crippen molar-refractivity contribution in [3.8, 4) is 44.7 Å². The number of furan rings is 1. The Morgan fingerprint density at radius 1 is 0.320 bits per heavy atom. The number of anilines is 3. The molecule has 0 saturated carbocycles. The quantitative estimate of drug-likeness (QED) is 0.173. The van der Waals surface area contributed by atoms with Gasteiger partial charge in [0.15, 0.2) is 0 Å². The molecule has 0 N–H and O–H groups in total. The molecule has 9 rings (SSSR count). The zero-order valence-electron chi connectivity index (χ0n) is 27.4. The molecule has 0 saturated heterocycles. The lowest BCUT2D eigenvalue weighted by atomic mass is 9.98. The molecule has 1 heterocycles. The van der Waals surface area contributed by atoms with Gasteiger partial charge in [0.05, 0.1) is 0 Å². The summed E-state index contributed by atoms with van der Waals surface area (Å²) in [5.41, 5.74) is 12.2. The normalized spacial score (nSPS) is 11.2. The van der Waals surface area contributed by atoms with E-state index in [1.807, 2.05) is 12.1 Å². The van der Waals surface area contributed by atoms with Crippen molar-refractivity contribution in [2.24, 2.45) is 0 Å². The molecule has 0 amide bonds. The maximum atomic E-state index is 6.63. The van der Waals surface area contributed by atoms with E-state index >= 15 is 0 Å². The van der Waals surface area contributed by atoms with Gasteiger partial charge in [0.25, 0.3) is 0 Å². The van der Waals surface area contributed by atoms with Crippen molar-refractivity contribution >= 4 is 38.8 Å². The summed E-state index contributed by atoms with van der Waals surface area (Å²) < 4.78 is 6.63. The van der Waals surface area contributed by atoms with E-state index in [4.69, 9.17) is 4.42 Å². The molecule has 0 aliphatic heterocycles. The Morgan fingerprint density at radius 2 is 0.840 bits per heavy atom. The van der Waals surface area contributed by atoms with Crippen LogP contribution in [0.25, 0.3) is 66.4 Å². The summed E-state index contributed by atoms with van der Waals surface area (Å²) in [6.07, 6.45) is 0. The molecule has 0 atom stereocenters. The fourth-order valence-electron chi connectivity index (χ4n) is 6.98. The van der Waals surface area contributed by atoms with E-state index in [-0.39, 0.29) is 0 Å². The van der Waals surface area contributed by atoms with Crippen molar-refractivity contribution < 1.29 is 4.42 Å². The van der Waals surface area contributed by atoms with Crippen LogP contribution in [0.5, 0.6) is 0 Å². The van der Waals surface area contributed by atoms with Gasteiger partial charge in [0.1, 0.15) is 11.3 Å². The molecular weight excluding hydrogens is 607 g/mol. The standard InChI is InChI=1S/C48H33NO/c1-3-12-34(13-4-1)36-22-24-37(25-23-36)38-26-29-42(30-27-38)49(44-31-28-35-14-7-8-17-40(35)32-44)43-19-11-18-41(33-43)48-47(39-15-5-2-6-16-39)45-20-9-10-21-46(45)50-48/h1-33H. The summed E-state index contributed by atoms with van der Waals surface area (Å²) in [6.45, 7) is 0. The number of hydrogen-bond donors (Lipinski definition) is 0. The highest BCUT2D eigenvalue weighted by molar-refractivity contribution is 6.02. The number of benzene rings is 8. The maximum Gasteiger partial charge on any atom is 0.143 e. The van der Waals surface area contributed by atoms with E-state index in [0.29, 0.717) is 0 Å². The van der Waals surface area contributed by atoms with E-state index < -0.39 is 0 Å². The first-order valence-corrected chi connectivity index (χ1v) is 17.0. The van der Waals surface area contributed by atoms with Gasteiger partial charge in [0, 0.05) is 33.6 Å². The molecule has 0 bridgehead atoms. The minimum atomic E-state index is 0.868. The molecule has 8 aromatic carbocycles. The summed E-state index contributed by atoms with van der Waals surface area (Å²) in [5, 5.41) is 3.52. The third-order valence-corrected chi connectivity index (χ3v) is 9.47. The summed E-state index contributed by atoms with van der Waals surface area (Å²) in [7, 11) is 0. The Bertz CT molecular complexity index is 2570. The minimum absolute atomic E-state index is 0.868. The van der Waals surface area contributed by atoms with Crippen LogP contribution in [0, 0.1) is 0 Å². The summed E-state index contributed by atoms with van der Waals surface area (Å²) in [5.74, 6) is 0.868. The highest BCUT2D eigenvalue weighted by atomic mass is 16.3. The minimum Gasteiger partial charge on any atom is -0.455 e. The van der Waals surface area contributed by atoms with Crippen molar-refractivity contribution in [1.82, 2.24) is 0 Å². The molecule has 236 valence electrons. The van der Waals surface area contributed by atoms with Gasteiger partial charge >= 0.3 is 0 Å². The second-order valence-electron chi connectivity index (χ2n) is 12.6. The lowest BCUT2D eigenvalue weighted by molar-refractivity contribution is 0.632. The zero-order valence-corrected chi connectivity index (χ0v) is 27.4. The van der Waals surface area contributed by atoms with Gasteiger partial charge in [-0.15, -0.1) is 0 Å². The average molecular weight is 640 g/mol. The van der Waals surface area contributed by atoms with Gasteiger partial charge < -0.3 is 9.32 Å². The first-order chi connectivity index (χ1) is 24.8. The van der Waals surface area contributed by atoms with Crippen molar-refractivity contribution in [2.45, 2.75) is 0 Å².